The number of carbonyl (C=O) groups is 2. The maximum atomic E-state index is 12.3. The minimum Gasteiger partial charge on any atom is -0.494 e. The maximum Gasteiger partial charge on any atom is 0.243 e. The van der Waals surface area contributed by atoms with Crippen molar-refractivity contribution in [3.05, 3.63) is 48.0 Å². The summed E-state index contributed by atoms with van der Waals surface area (Å²) in [6.45, 7) is 6.55. The van der Waals surface area contributed by atoms with Crippen LogP contribution in [-0.4, -0.2) is 25.0 Å². The van der Waals surface area contributed by atoms with Gasteiger partial charge < -0.3 is 20.7 Å². The number of ether oxygens (including phenoxy) is 1. The number of hydrogen-bond donors (Lipinski definition) is 3. The fourth-order valence-corrected chi connectivity index (χ4v) is 2.41. The largest absolute Gasteiger partial charge is 0.494 e. The van der Waals surface area contributed by atoms with E-state index in [1.165, 1.54) is 0 Å². The molecule has 0 saturated heterocycles. The first-order chi connectivity index (χ1) is 13.0. The molecular weight excluding hydrogens is 342 g/mol. The Balaban J connectivity index is 1.90. The van der Waals surface area contributed by atoms with Gasteiger partial charge in [0.05, 0.1) is 13.2 Å². The van der Waals surface area contributed by atoms with E-state index in [9.17, 15) is 9.59 Å². The lowest BCUT2D eigenvalue weighted by Crippen LogP contribution is -2.22. The number of hydrogen-bond acceptors (Lipinski definition) is 4. The summed E-state index contributed by atoms with van der Waals surface area (Å²) in [5, 5.41) is 8.79. The van der Waals surface area contributed by atoms with Crippen LogP contribution in [0.2, 0.25) is 0 Å². The lowest BCUT2D eigenvalue weighted by Gasteiger charge is -2.14. The van der Waals surface area contributed by atoms with Crippen molar-refractivity contribution in [1.82, 2.24) is 0 Å². The minimum atomic E-state index is -0.164. The second-order valence-corrected chi connectivity index (χ2v) is 6.15. The Kier molecular flexibility index (Phi) is 7.67. The smallest absolute Gasteiger partial charge is 0.243 e. The highest BCUT2D eigenvalue weighted by atomic mass is 16.5. The van der Waals surface area contributed by atoms with Crippen LogP contribution in [0.4, 0.5) is 17.1 Å². The van der Waals surface area contributed by atoms with Gasteiger partial charge in [0.25, 0.3) is 0 Å². The molecule has 27 heavy (non-hydrogen) atoms. The Bertz CT molecular complexity index is 773. The van der Waals surface area contributed by atoms with Crippen molar-refractivity contribution in [2.45, 2.75) is 33.6 Å². The first kappa shape index (κ1) is 20.3. The van der Waals surface area contributed by atoms with Crippen molar-refractivity contribution in [3.63, 3.8) is 0 Å². The topological polar surface area (TPSA) is 79.5 Å². The normalized spacial score (nSPS) is 10.2. The second kappa shape index (κ2) is 10.2. The van der Waals surface area contributed by atoms with Gasteiger partial charge in [-0.15, -0.1) is 0 Å². The summed E-state index contributed by atoms with van der Waals surface area (Å²) >= 11 is 0. The fourth-order valence-electron chi connectivity index (χ4n) is 2.41. The number of carbonyl (C=O) groups excluding carboxylic acids is 2. The van der Waals surface area contributed by atoms with Gasteiger partial charge in [-0.05, 0) is 55.3 Å². The first-order valence-corrected chi connectivity index (χ1v) is 9.19. The Morgan fingerprint density at radius 3 is 2.15 bits per heavy atom. The number of anilines is 3. The SMILES string of the molecule is CCCOc1ccc(NCC(=O)Nc2cccc(NC(=O)CC)c2C)cc1. The Hall–Kier alpha value is -3.02. The zero-order valence-corrected chi connectivity index (χ0v) is 16.1. The average Bonchev–Trinajstić information content (AvgIpc) is 2.68. The number of rotatable bonds is 9. The molecule has 0 heterocycles. The van der Waals surface area contributed by atoms with Crippen molar-refractivity contribution in [2.75, 3.05) is 29.1 Å². The van der Waals surface area contributed by atoms with Crippen LogP contribution in [0.1, 0.15) is 32.3 Å². The van der Waals surface area contributed by atoms with Crippen LogP contribution in [-0.2, 0) is 9.59 Å². The molecule has 0 saturated carbocycles. The summed E-state index contributed by atoms with van der Waals surface area (Å²) in [4.78, 5) is 23.8. The molecule has 0 unspecified atom stereocenters. The van der Waals surface area contributed by atoms with Crippen LogP contribution in [0.5, 0.6) is 5.75 Å². The highest BCUT2D eigenvalue weighted by molar-refractivity contribution is 5.97. The van der Waals surface area contributed by atoms with Gasteiger partial charge in [-0.2, -0.15) is 0 Å². The van der Waals surface area contributed by atoms with Gasteiger partial charge in [0, 0.05) is 23.5 Å². The average molecular weight is 369 g/mol. The molecule has 144 valence electrons. The number of amides is 2. The predicted molar refractivity (Wildman–Crippen MR) is 109 cm³/mol. The first-order valence-electron chi connectivity index (χ1n) is 9.19. The summed E-state index contributed by atoms with van der Waals surface area (Å²) in [5.74, 6) is 0.589. The molecule has 0 spiro atoms. The van der Waals surface area contributed by atoms with Gasteiger partial charge in [0.2, 0.25) is 11.8 Å². The van der Waals surface area contributed by atoms with E-state index in [0.717, 1.165) is 23.4 Å². The summed E-state index contributed by atoms with van der Waals surface area (Å²) in [6, 6.07) is 12.9. The summed E-state index contributed by atoms with van der Waals surface area (Å²) in [6.07, 6.45) is 1.37. The summed E-state index contributed by atoms with van der Waals surface area (Å²) in [7, 11) is 0. The molecule has 6 heteroatoms. The van der Waals surface area contributed by atoms with E-state index in [1.807, 2.05) is 43.3 Å². The zero-order valence-electron chi connectivity index (χ0n) is 16.1. The van der Waals surface area contributed by atoms with E-state index in [1.54, 1.807) is 13.0 Å². The van der Waals surface area contributed by atoms with Crippen molar-refractivity contribution >= 4 is 28.9 Å². The molecule has 0 aliphatic carbocycles. The molecule has 0 aliphatic rings. The van der Waals surface area contributed by atoms with Crippen LogP contribution in [0.3, 0.4) is 0 Å². The molecule has 0 bridgehead atoms. The molecule has 0 atom stereocenters. The van der Waals surface area contributed by atoms with Gasteiger partial charge in [-0.1, -0.05) is 19.9 Å². The van der Waals surface area contributed by atoms with E-state index in [-0.39, 0.29) is 18.4 Å². The molecule has 2 aromatic rings. The van der Waals surface area contributed by atoms with Crippen molar-refractivity contribution in [1.29, 1.82) is 0 Å². The lowest BCUT2D eigenvalue weighted by atomic mass is 10.1. The van der Waals surface area contributed by atoms with Gasteiger partial charge in [-0.3, -0.25) is 9.59 Å². The van der Waals surface area contributed by atoms with Gasteiger partial charge in [-0.25, -0.2) is 0 Å². The molecule has 0 aromatic heterocycles. The van der Waals surface area contributed by atoms with Crippen LogP contribution in [0.25, 0.3) is 0 Å². The van der Waals surface area contributed by atoms with Crippen molar-refractivity contribution in [2.24, 2.45) is 0 Å². The van der Waals surface area contributed by atoms with Gasteiger partial charge in [0.15, 0.2) is 0 Å². The van der Waals surface area contributed by atoms with Crippen LogP contribution in [0, 0.1) is 6.92 Å². The molecule has 6 nitrogen and oxygen atoms in total. The molecule has 2 rings (SSSR count). The van der Waals surface area contributed by atoms with Crippen molar-refractivity contribution < 1.29 is 14.3 Å². The van der Waals surface area contributed by atoms with Crippen LogP contribution in [0.15, 0.2) is 42.5 Å². The van der Waals surface area contributed by atoms with Gasteiger partial charge >= 0.3 is 0 Å². The highest BCUT2D eigenvalue weighted by Crippen LogP contribution is 2.23. The number of nitrogens with one attached hydrogen (secondary N) is 3. The molecular formula is C21H27N3O3. The standard InChI is InChI=1S/C21H27N3O3/c1-4-13-27-17-11-9-16(10-12-17)22-14-21(26)24-19-8-6-7-18(15(19)3)23-20(25)5-2/h6-12,22H,4-5,13-14H2,1-3H3,(H,23,25)(H,24,26). The quantitative estimate of drug-likeness (QED) is 0.619. The van der Waals surface area contributed by atoms with Crippen LogP contribution >= 0.6 is 0 Å². The van der Waals surface area contributed by atoms with E-state index in [4.69, 9.17) is 4.74 Å². The Morgan fingerprint density at radius 2 is 1.56 bits per heavy atom. The Labute approximate surface area is 160 Å². The molecule has 0 aliphatic heterocycles. The summed E-state index contributed by atoms with van der Waals surface area (Å²) < 4.78 is 5.54. The monoisotopic (exact) mass is 369 g/mol. The third-order valence-electron chi connectivity index (χ3n) is 3.98. The predicted octanol–water partition coefficient (Wildman–Crippen LogP) is 4.18. The fraction of sp³-hybridized carbons (Fsp3) is 0.333. The van der Waals surface area contributed by atoms with Gasteiger partial charge in [0.1, 0.15) is 5.75 Å². The summed E-state index contributed by atoms with van der Waals surface area (Å²) in [5.41, 5.74) is 3.05. The minimum absolute atomic E-state index is 0.0605. The molecule has 0 radical (unpaired) electrons. The maximum absolute atomic E-state index is 12.3. The van der Waals surface area contributed by atoms with E-state index < -0.39 is 0 Å². The van der Waals surface area contributed by atoms with E-state index in [0.29, 0.717) is 24.4 Å². The van der Waals surface area contributed by atoms with E-state index in [2.05, 4.69) is 22.9 Å². The van der Waals surface area contributed by atoms with E-state index >= 15 is 0 Å². The number of benzene rings is 2. The molecule has 0 fully saturated rings. The lowest BCUT2D eigenvalue weighted by molar-refractivity contribution is -0.116. The third-order valence-corrected chi connectivity index (χ3v) is 3.98. The Morgan fingerprint density at radius 1 is 0.926 bits per heavy atom. The molecule has 3 N–H and O–H groups in total. The van der Waals surface area contributed by atoms with Crippen molar-refractivity contribution in [3.8, 4) is 5.75 Å². The molecule has 2 aromatic carbocycles. The highest BCUT2D eigenvalue weighted by Gasteiger charge is 2.09. The zero-order chi connectivity index (χ0) is 19.6. The third kappa shape index (κ3) is 6.33. The van der Waals surface area contributed by atoms with Crippen LogP contribution < -0.4 is 20.7 Å². The second-order valence-electron chi connectivity index (χ2n) is 6.15. The molecule has 2 amide bonds.